The SMILES string of the molecule is Clc1nc2cc(CBr)ccc2c2c1COC2. The van der Waals surface area contributed by atoms with E-state index < -0.39 is 0 Å². The number of hydrogen-bond acceptors (Lipinski definition) is 2. The van der Waals surface area contributed by atoms with Crippen LogP contribution in [0.1, 0.15) is 16.7 Å². The van der Waals surface area contributed by atoms with Gasteiger partial charge in [-0.2, -0.15) is 0 Å². The summed E-state index contributed by atoms with van der Waals surface area (Å²) in [7, 11) is 0. The Hall–Kier alpha value is -0.640. The topological polar surface area (TPSA) is 22.1 Å². The number of nitrogens with zero attached hydrogens (tertiary/aromatic N) is 1. The average Bonchev–Trinajstić information content (AvgIpc) is 2.78. The van der Waals surface area contributed by atoms with Gasteiger partial charge in [0.1, 0.15) is 5.15 Å². The fraction of sp³-hybridized carbons (Fsp3) is 0.250. The van der Waals surface area contributed by atoms with E-state index in [0.717, 1.165) is 21.8 Å². The number of fused-ring (bicyclic) bond motifs is 3. The minimum Gasteiger partial charge on any atom is -0.372 e. The van der Waals surface area contributed by atoms with E-state index in [2.05, 4.69) is 39.1 Å². The van der Waals surface area contributed by atoms with Crippen LogP contribution in [0.5, 0.6) is 0 Å². The zero-order chi connectivity index (χ0) is 11.1. The highest BCUT2D eigenvalue weighted by Gasteiger charge is 2.19. The van der Waals surface area contributed by atoms with E-state index in [1.807, 2.05) is 0 Å². The van der Waals surface area contributed by atoms with Crippen LogP contribution in [-0.2, 0) is 23.3 Å². The van der Waals surface area contributed by atoms with Gasteiger partial charge in [0.15, 0.2) is 0 Å². The largest absolute Gasteiger partial charge is 0.372 e. The number of hydrogen-bond donors (Lipinski definition) is 0. The molecule has 0 fully saturated rings. The van der Waals surface area contributed by atoms with Gasteiger partial charge in [-0.05, 0) is 17.2 Å². The average molecular weight is 299 g/mol. The molecule has 1 aliphatic heterocycles. The van der Waals surface area contributed by atoms with Gasteiger partial charge in [0.25, 0.3) is 0 Å². The van der Waals surface area contributed by atoms with Crippen LogP contribution in [0.4, 0.5) is 0 Å². The molecule has 1 aliphatic rings. The summed E-state index contributed by atoms with van der Waals surface area (Å²) in [6.45, 7) is 1.22. The highest BCUT2D eigenvalue weighted by Crippen LogP contribution is 2.32. The third-order valence-electron chi connectivity index (χ3n) is 2.87. The lowest BCUT2D eigenvalue weighted by Crippen LogP contribution is -1.92. The van der Waals surface area contributed by atoms with Crippen molar-refractivity contribution in [3.63, 3.8) is 0 Å². The molecule has 82 valence electrons. The van der Waals surface area contributed by atoms with Gasteiger partial charge >= 0.3 is 0 Å². The molecule has 0 amide bonds. The molecule has 0 bridgehead atoms. The number of halogens is 2. The first-order valence-corrected chi connectivity index (χ1v) is 6.53. The lowest BCUT2D eigenvalue weighted by atomic mass is 10.0. The first-order chi connectivity index (χ1) is 7.79. The molecular weight excluding hydrogens is 289 g/mol. The number of benzene rings is 1. The standard InChI is InChI=1S/C12H9BrClNO/c13-4-7-1-2-8-9-5-16-6-10(9)12(14)15-11(8)3-7/h1-3H,4-6H2. The third-order valence-corrected chi connectivity index (χ3v) is 3.83. The van der Waals surface area contributed by atoms with Crippen molar-refractivity contribution in [1.29, 1.82) is 0 Å². The summed E-state index contributed by atoms with van der Waals surface area (Å²) in [6.07, 6.45) is 0. The highest BCUT2D eigenvalue weighted by molar-refractivity contribution is 9.08. The molecule has 2 aromatic rings. The maximum absolute atomic E-state index is 6.14. The molecule has 0 radical (unpaired) electrons. The zero-order valence-corrected chi connectivity index (χ0v) is 10.8. The fourth-order valence-corrected chi connectivity index (χ4v) is 2.64. The van der Waals surface area contributed by atoms with Crippen molar-refractivity contribution >= 4 is 38.4 Å². The number of ether oxygens (including phenoxy) is 1. The van der Waals surface area contributed by atoms with Gasteiger partial charge in [-0.25, -0.2) is 4.98 Å². The van der Waals surface area contributed by atoms with Gasteiger partial charge in [-0.15, -0.1) is 0 Å². The van der Waals surface area contributed by atoms with Gasteiger partial charge in [0.05, 0.1) is 18.7 Å². The van der Waals surface area contributed by atoms with Gasteiger partial charge in [-0.1, -0.05) is 39.7 Å². The summed E-state index contributed by atoms with van der Waals surface area (Å²) in [5.74, 6) is 0. The van der Waals surface area contributed by atoms with Crippen molar-refractivity contribution in [2.24, 2.45) is 0 Å². The smallest absolute Gasteiger partial charge is 0.135 e. The third kappa shape index (κ3) is 1.54. The van der Waals surface area contributed by atoms with Crippen LogP contribution in [-0.4, -0.2) is 4.98 Å². The zero-order valence-electron chi connectivity index (χ0n) is 8.46. The second kappa shape index (κ2) is 3.99. The Balaban J connectivity index is 2.33. The summed E-state index contributed by atoms with van der Waals surface area (Å²) in [5.41, 5.74) is 4.39. The van der Waals surface area contributed by atoms with Crippen molar-refractivity contribution in [2.45, 2.75) is 18.5 Å². The van der Waals surface area contributed by atoms with E-state index >= 15 is 0 Å². The van der Waals surface area contributed by atoms with Crippen LogP contribution in [0.3, 0.4) is 0 Å². The number of alkyl halides is 1. The Kier molecular flexibility index (Phi) is 2.62. The van der Waals surface area contributed by atoms with Gasteiger partial charge in [0.2, 0.25) is 0 Å². The molecule has 2 heterocycles. The molecule has 0 saturated carbocycles. The first-order valence-electron chi connectivity index (χ1n) is 5.03. The van der Waals surface area contributed by atoms with E-state index in [1.165, 1.54) is 11.1 Å². The van der Waals surface area contributed by atoms with E-state index in [0.29, 0.717) is 18.4 Å². The molecule has 4 heteroatoms. The fourth-order valence-electron chi connectivity index (χ4n) is 2.04. The highest BCUT2D eigenvalue weighted by atomic mass is 79.9. The molecule has 0 N–H and O–H groups in total. The van der Waals surface area contributed by atoms with Crippen molar-refractivity contribution in [3.8, 4) is 0 Å². The Morgan fingerprint density at radius 3 is 2.94 bits per heavy atom. The lowest BCUT2D eigenvalue weighted by molar-refractivity contribution is 0.135. The van der Waals surface area contributed by atoms with Crippen LogP contribution in [0.2, 0.25) is 5.15 Å². The lowest BCUT2D eigenvalue weighted by Gasteiger charge is -2.06. The predicted octanol–water partition coefficient (Wildman–Crippen LogP) is 3.81. The van der Waals surface area contributed by atoms with Crippen LogP contribution in [0, 0.1) is 0 Å². The van der Waals surface area contributed by atoms with Crippen LogP contribution >= 0.6 is 27.5 Å². The molecule has 1 aromatic carbocycles. The van der Waals surface area contributed by atoms with Crippen molar-refractivity contribution < 1.29 is 4.74 Å². The molecule has 0 saturated heterocycles. The van der Waals surface area contributed by atoms with Crippen LogP contribution in [0.25, 0.3) is 10.9 Å². The van der Waals surface area contributed by atoms with E-state index in [1.54, 1.807) is 0 Å². The second-order valence-corrected chi connectivity index (χ2v) is 4.76. The Morgan fingerprint density at radius 2 is 2.12 bits per heavy atom. The maximum atomic E-state index is 6.14. The number of rotatable bonds is 1. The second-order valence-electron chi connectivity index (χ2n) is 3.84. The van der Waals surface area contributed by atoms with E-state index in [9.17, 15) is 0 Å². The predicted molar refractivity (Wildman–Crippen MR) is 67.9 cm³/mol. The molecular formula is C12H9BrClNO. The van der Waals surface area contributed by atoms with E-state index in [-0.39, 0.29) is 0 Å². The molecule has 3 rings (SSSR count). The Bertz CT molecular complexity index is 570. The molecule has 0 spiro atoms. The van der Waals surface area contributed by atoms with Crippen LogP contribution in [0.15, 0.2) is 18.2 Å². The first kappa shape index (κ1) is 10.5. The Morgan fingerprint density at radius 1 is 1.31 bits per heavy atom. The van der Waals surface area contributed by atoms with Gasteiger partial charge in [-0.3, -0.25) is 0 Å². The normalized spacial score (nSPS) is 14.4. The molecule has 0 unspecified atom stereocenters. The number of pyridine rings is 1. The monoisotopic (exact) mass is 297 g/mol. The summed E-state index contributed by atoms with van der Waals surface area (Å²) >= 11 is 9.58. The number of aromatic nitrogens is 1. The molecule has 16 heavy (non-hydrogen) atoms. The summed E-state index contributed by atoms with van der Waals surface area (Å²) < 4.78 is 5.43. The van der Waals surface area contributed by atoms with Crippen molar-refractivity contribution in [3.05, 3.63) is 40.0 Å². The summed E-state index contributed by atoms with van der Waals surface area (Å²) in [6, 6.07) is 6.27. The summed E-state index contributed by atoms with van der Waals surface area (Å²) in [5, 5.41) is 2.56. The molecule has 0 atom stereocenters. The maximum Gasteiger partial charge on any atom is 0.135 e. The van der Waals surface area contributed by atoms with E-state index in [4.69, 9.17) is 16.3 Å². The summed E-state index contributed by atoms with van der Waals surface area (Å²) in [4.78, 5) is 4.42. The van der Waals surface area contributed by atoms with Crippen molar-refractivity contribution in [2.75, 3.05) is 0 Å². The minimum absolute atomic E-state index is 0.576. The molecule has 2 nitrogen and oxygen atoms in total. The Labute approximate surface area is 107 Å². The van der Waals surface area contributed by atoms with Crippen molar-refractivity contribution in [1.82, 2.24) is 4.98 Å². The molecule has 1 aromatic heterocycles. The molecule has 0 aliphatic carbocycles. The van der Waals surface area contributed by atoms with Gasteiger partial charge in [0, 0.05) is 16.3 Å². The minimum atomic E-state index is 0.576. The quantitative estimate of drug-likeness (QED) is 0.590. The van der Waals surface area contributed by atoms with Gasteiger partial charge < -0.3 is 4.74 Å². The van der Waals surface area contributed by atoms with Crippen LogP contribution < -0.4 is 0 Å².